The molecule has 0 saturated carbocycles. The van der Waals surface area contributed by atoms with Crippen molar-refractivity contribution in [1.82, 2.24) is 9.97 Å². The van der Waals surface area contributed by atoms with Crippen molar-refractivity contribution < 1.29 is 0 Å². The lowest BCUT2D eigenvalue weighted by Gasteiger charge is -1.90. The van der Waals surface area contributed by atoms with Crippen LogP contribution in [0.5, 0.6) is 0 Å². The summed E-state index contributed by atoms with van der Waals surface area (Å²) < 4.78 is 0. The number of hydrogen-bond donors (Lipinski definition) is 2. The van der Waals surface area contributed by atoms with Gasteiger partial charge in [0.2, 0.25) is 0 Å². The average molecular weight is 125 g/mol. The Morgan fingerprint density at radius 3 is 2.89 bits per heavy atom. The number of nitrogens with one attached hydrogen (secondary N) is 1. The van der Waals surface area contributed by atoms with Crippen LogP contribution in [-0.4, -0.2) is 9.97 Å². The van der Waals surface area contributed by atoms with Gasteiger partial charge in [-0.05, 0) is 6.92 Å². The van der Waals surface area contributed by atoms with Crippen molar-refractivity contribution in [3.63, 3.8) is 0 Å². The molecule has 0 spiro atoms. The standard InChI is InChI=1S/C5H7N3O/c1-3-2-7-4(6)5(9)8-3/h2H,1H3,(H2,6,7)(H,8,9). The third-order valence-corrected chi connectivity index (χ3v) is 0.941. The highest BCUT2D eigenvalue weighted by molar-refractivity contribution is 5.22. The van der Waals surface area contributed by atoms with E-state index >= 15 is 0 Å². The second-order valence-corrected chi connectivity index (χ2v) is 1.78. The number of H-pyrrole nitrogens is 1. The smallest absolute Gasteiger partial charge is 0.290 e. The molecule has 1 heterocycles. The summed E-state index contributed by atoms with van der Waals surface area (Å²) >= 11 is 0. The van der Waals surface area contributed by atoms with E-state index in [1.807, 2.05) is 0 Å². The average Bonchev–Trinajstić information content (AvgIpc) is 1.80. The molecule has 0 aliphatic heterocycles. The van der Waals surface area contributed by atoms with Gasteiger partial charge in [0.15, 0.2) is 5.82 Å². The van der Waals surface area contributed by atoms with Crippen molar-refractivity contribution in [2.24, 2.45) is 0 Å². The molecule has 0 fully saturated rings. The highest BCUT2D eigenvalue weighted by atomic mass is 16.1. The Bertz CT molecular complexity index is 265. The fourth-order valence-corrected chi connectivity index (χ4v) is 0.500. The third kappa shape index (κ3) is 1.07. The van der Waals surface area contributed by atoms with Gasteiger partial charge in [-0.1, -0.05) is 0 Å². The van der Waals surface area contributed by atoms with Crippen LogP contribution in [0, 0.1) is 6.92 Å². The number of nitrogens with zero attached hydrogens (tertiary/aromatic N) is 1. The van der Waals surface area contributed by atoms with Gasteiger partial charge >= 0.3 is 0 Å². The minimum atomic E-state index is -0.324. The van der Waals surface area contributed by atoms with Crippen molar-refractivity contribution >= 4 is 5.82 Å². The van der Waals surface area contributed by atoms with Gasteiger partial charge in [0.05, 0.1) is 0 Å². The highest BCUT2D eigenvalue weighted by Gasteiger charge is 1.91. The number of aryl methyl sites for hydroxylation is 1. The second kappa shape index (κ2) is 1.89. The first-order chi connectivity index (χ1) is 4.20. The fourth-order valence-electron chi connectivity index (χ4n) is 0.500. The molecule has 4 heteroatoms. The molecule has 1 aromatic rings. The Morgan fingerprint density at radius 1 is 1.78 bits per heavy atom. The van der Waals surface area contributed by atoms with E-state index in [9.17, 15) is 4.79 Å². The summed E-state index contributed by atoms with van der Waals surface area (Å²) in [5, 5.41) is 0. The molecule has 0 aliphatic rings. The first-order valence-electron chi connectivity index (χ1n) is 2.51. The van der Waals surface area contributed by atoms with E-state index < -0.39 is 0 Å². The van der Waals surface area contributed by atoms with Crippen molar-refractivity contribution in [2.75, 3.05) is 5.73 Å². The molecule has 0 saturated heterocycles. The van der Waals surface area contributed by atoms with Crippen LogP contribution in [0.3, 0.4) is 0 Å². The predicted molar refractivity (Wildman–Crippen MR) is 34.0 cm³/mol. The van der Waals surface area contributed by atoms with Crippen LogP contribution in [0.25, 0.3) is 0 Å². The molecule has 0 unspecified atom stereocenters. The van der Waals surface area contributed by atoms with E-state index in [1.165, 1.54) is 6.20 Å². The lowest BCUT2D eigenvalue weighted by atomic mass is 10.5. The van der Waals surface area contributed by atoms with Crippen LogP contribution in [0.15, 0.2) is 11.0 Å². The summed E-state index contributed by atoms with van der Waals surface area (Å²) in [4.78, 5) is 16.7. The summed E-state index contributed by atoms with van der Waals surface area (Å²) in [6.45, 7) is 1.74. The van der Waals surface area contributed by atoms with Crippen LogP contribution in [-0.2, 0) is 0 Å². The van der Waals surface area contributed by atoms with Crippen LogP contribution < -0.4 is 11.3 Å². The maximum absolute atomic E-state index is 10.6. The van der Waals surface area contributed by atoms with Crippen molar-refractivity contribution in [1.29, 1.82) is 0 Å². The van der Waals surface area contributed by atoms with Crippen LogP contribution in [0.1, 0.15) is 5.69 Å². The molecule has 48 valence electrons. The van der Waals surface area contributed by atoms with Gasteiger partial charge in [-0.2, -0.15) is 0 Å². The molecule has 0 atom stereocenters. The molecular formula is C5H7N3O. The molecule has 4 nitrogen and oxygen atoms in total. The monoisotopic (exact) mass is 125 g/mol. The number of aromatic amines is 1. The molecule has 9 heavy (non-hydrogen) atoms. The highest BCUT2D eigenvalue weighted by Crippen LogP contribution is 1.84. The molecule has 0 amide bonds. The van der Waals surface area contributed by atoms with E-state index in [2.05, 4.69) is 9.97 Å². The number of hydrogen-bond acceptors (Lipinski definition) is 3. The minimum absolute atomic E-state index is 0.0144. The number of nitrogens with two attached hydrogens (primary N) is 1. The second-order valence-electron chi connectivity index (χ2n) is 1.78. The first kappa shape index (κ1) is 5.81. The zero-order chi connectivity index (χ0) is 6.85. The van der Waals surface area contributed by atoms with Crippen LogP contribution >= 0.6 is 0 Å². The topological polar surface area (TPSA) is 71.8 Å². The summed E-state index contributed by atoms with van der Waals surface area (Å²) in [6.07, 6.45) is 1.51. The summed E-state index contributed by atoms with van der Waals surface area (Å²) in [5.74, 6) is 0.0144. The lowest BCUT2D eigenvalue weighted by molar-refractivity contribution is 1.08. The van der Waals surface area contributed by atoms with Gasteiger partial charge < -0.3 is 10.7 Å². The van der Waals surface area contributed by atoms with E-state index in [0.29, 0.717) is 5.69 Å². The van der Waals surface area contributed by atoms with E-state index in [1.54, 1.807) is 6.92 Å². The van der Waals surface area contributed by atoms with E-state index in [-0.39, 0.29) is 11.4 Å². The van der Waals surface area contributed by atoms with Gasteiger partial charge in [-0.25, -0.2) is 4.98 Å². The van der Waals surface area contributed by atoms with Gasteiger partial charge in [-0.15, -0.1) is 0 Å². The summed E-state index contributed by atoms with van der Waals surface area (Å²) in [7, 11) is 0. The molecule has 0 aliphatic carbocycles. The largest absolute Gasteiger partial charge is 0.379 e. The van der Waals surface area contributed by atoms with Crippen LogP contribution in [0.2, 0.25) is 0 Å². The first-order valence-corrected chi connectivity index (χ1v) is 2.51. The normalized spacial score (nSPS) is 9.44. The van der Waals surface area contributed by atoms with Gasteiger partial charge in [0, 0.05) is 11.9 Å². The Balaban J connectivity index is 3.34. The number of nitrogen functional groups attached to an aromatic ring is 1. The van der Waals surface area contributed by atoms with Gasteiger partial charge in [0.1, 0.15) is 0 Å². The van der Waals surface area contributed by atoms with Gasteiger partial charge in [-0.3, -0.25) is 4.79 Å². The van der Waals surface area contributed by atoms with Crippen molar-refractivity contribution in [2.45, 2.75) is 6.92 Å². The maximum Gasteiger partial charge on any atom is 0.290 e. The molecule has 1 rings (SSSR count). The summed E-state index contributed by atoms with van der Waals surface area (Å²) in [5.41, 5.74) is 5.53. The third-order valence-electron chi connectivity index (χ3n) is 0.941. The quantitative estimate of drug-likeness (QED) is 0.498. The summed E-state index contributed by atoms with van der Waals surface area (Å²) in [6, 6.07) is 0. The maximum atomic E-state index is 10.6. The molecule has 1 aromatic heterocycles. The van der Waals surface area contributed by atoms with E-state index in [4.69, 9.17) is 5.73 Å². The Labute approximate surface area is 51.7 Å². The van der Waals surface area contributed by atoms with Crippen LogP contribution in [0.4, 0.5) is 5.82 Å². The minimum Gasteiger partial charge on any atom is -0.379 e. The Kier molecular flexibility index (Phi) is 1.22. The van der Waals surface area contributed by atoms with Gasteiger partial charge in [0.25, 0.3) is 5.56 Å². The fraction of sp³-hybridized carbons (Fsp3) is 0.200. The van der Waals surface area contributed by atoms with Crippen molar-refractivity contribution in [3.8, 4) is 0 Å². The molecular weight excluding hydrogens is 118 g/mol. The number of aromatic nitrogens is 2. The zero-order valence-electron chi connectivity index (χ0n) is 5.01. The predicted octanol–water partition coefficient (Wildman–Crippen LogP) is -0.339. The van der Waals surface area contributed by atoms with E-state index in [0.717, 1.165) is 0 Å². The SMILES string of the molecule is Cc1cnc(N)c(=O)[nH]1. The number of anilines is 1. The lowest BCUT2D eigenvalue weighted by Crippen LogP contribution is -2.13. The Morgan fingerprint density at radius 2 is 2.44 bits per heavy atom. The molecule has 0 radical (unpaired) electrons. The zero-order valence-corrected chi connectivity index (χ0v) is 5.01. The molecule has 0 bridgehead atoms. The molecule has 0 aromatic carbocycles. The van der Waals surface area contributed by atoms with Crippen molar-refractivity contribution in [3.05, 3.63) is 22.2 Å². The molecule has 3 N–H and O–H groups in total. The Hall–Kier alpha value is -1.32. The number of rotatable bonds is 0.